The standard InChI is InChI=1S/C15H25N7O.HI/c1-10-20-21-12(22(10)6)8-18-14(16-5)19-9-13-17-7-11(23-13)15(2,3)4;/h7H,8-9H2,1-6H3,(H2,16,18,19);1H. The van der Waals surface area contributed by atoms with Crippen LogP contribution in [0, 0.1) is 6.92 Å². The Morgan fingerprint density at radius 3 is 2.42 bits per heavy atom. The van der Waals surface area contributed by atoms with Crippen molar-refractivity contribution in [3.8, 4) is 0 Å². The average molecular weight is 447 g/mol. The van der Waals surface area contributed by atoms with Crippen molar-refractivity contribution >= 4 is 29.9 Å². The van der Waals surface area contributed by atoms with E-state index in [0.29, 0.717) is 24.9 Å². The number of nitrogens with zero attached hydrogens (tertiary/aromatic N) is 5. The van der Waals surface area contributed by atoms with Gasteiger partial charge in [-0.3, -0.25) is 4.99 Å². The maximum Gasteiger partial charge on any atom is 0.213 e. The Morgan fingerprint density at radius 1 is 1.25 bits per heavy atom. The van der Waals surface area contributed by atoms with E-state index in [1.54, 1.807) is 13.2 Å². The summed E-state index contributed by atoms with van der Waals surface area (Å²) in [4.78, 5) is 8.46. The molecule has 2 aromatic heterocycles. The fourth-order valence-corrected chi connectivity index (χ4v) is 1.89. The van der Waals surface area contributed by atoms with E-state index in [1.165, 1.54) is 0 Å². The first-order valence-corrected chi connectivity index (χ1v) is 7.56. The van der Waals surface area contributed by atoms with E-state index in [9.17, 15) is 0 Å². The predicted octanol–water partition coefficient (Wildman–Crippen LogP) is 1.89. The van der Waals surface area contributed by atoms with Gasteiger partial charge in [0.15, 0.2) is 11.8 Å². The van der Waals surface area contributed by atoms with Gasteiger partial charge in [0.25, 0.3) is 0 Å². The van der Waals surface area contributed by atoms with Crippen molar-refractivity contribution in [2.75, 3.05) is 7.05 Å². The van der Waals surface area contributed by atoms with Crippen LogP contribution in [0.15, 0.2) is 15.6 Å². The SMILES string of the molecule is CN=C(NCc1ncc(C(C)(C)C)o1)NCc1nnc(C)n1C.I. The molecule has 0 unspecified atom stereocenters. The number of hydrogen-bond donors (Lipinski definition) is 2. The summed E-state index contributed by atoms with van der Waals surface area (Å²) < 4.78 is 7.68. The van der Waals surface area contributed by atoms with Gasteiger partial charge in [-0.15, -0.1) is 34.2 Å². The van der Waals surface area contributed by atoms with Crippen molar-refractivity contribution in [3.63, 3.8) is 0 Å². The van der Waals surface area contributed by atoms with Crippen molar-refractivity contribution in [1.82, 2.24) is 30.4 Å². The fourth-order valence-electron chi connectivity index (χ4n) is 1.89. The molecule has 0 saturated carbocycles. The highest BCUT2D eigenvalue weighted by molar-refractivity contribution is 14.0. The van der Waals surface area contributed by atoms with Gasteiger partial charge in [0, 0.05) is 19.5 Å². The number of aromatic nitrogens is 4. The molecule has 0 bridgehead atoms. The van der Waals surface area contributed by atoms with Gasteiger partial charge < -0.3 is 19.6 Å². The van der Waals surface area contributed by atoms with Crippen LogP contribution in [0.1, 0.15) is 44.1 Å². The third kappa shape index (κ3) is 5.18. The molecule has 0 amide bonds. The van der Waals surface area contributed by atoms with Crippen molar-refractivity contribution in [3.05, 3.63) is 29.5 Å². The molecule has 2 heterocycles. The zero-order chi connectivity index (χ0) is 17.0. The molecule has 24 heavy (non-hydrogen) atoms. The fraction of sp³-hybridized carbons (Fsp3) is 0.600. The Kier molecular flexibility index (Phi) is 7.18. The van der Waals surface area contributed by atoms with E-state index >= 15 is 0 Å². The first-order valence-electron chi connectivity index (χ1n) is 7.56. The number of oxazole rings is 1. The van der Waals surface area contributed by atoms with Crippen LogP contribution in [-0.2, 0) is 25.6 Å². The summed E-state index contributed by atoms with van der Waals surface area (Å²) in [5, 5.41) is 14.5. The first kappa shape index (κ1) is 20.4. The van der Waals surface area contributed by atoms with Crippen LogP contribution in [-0.4, -0.2) is 32.8 Å². The van der Waals surface area contributed by atoms with Gasteiger partial charge in [-0.05, 0) is 6.92 Å². The van der Waals surface area contributed by atoms with Gasteiger partial charge in [0.05, 0.1) is 19.3 Å². The third-order valence-corrected chi connectivity index (χ3v) is 3.52. The van der Waals surface area contributed by atoms with E-state index in [4.69, 9.17) is 4.42 Å². The maximum atomic E-state index is 5.75. The zero-order valence-electron chi connectivity index (χ0n) is 15.0. The topological polar surface area (TPSA) is 93.2 Å². The molecular formula is C15H26IN7O. The lowest BCUT2D eigenvalue weighted by molar-refractivity contribution is 0.379. The summed E-state index contributed by atoms with van der Waals surface area (Å²) >= 11 is 0. The normalized spacial score (nSPS) is 12.0. The Balaban J connectivity index is 0.00000288. The maximum absolute atomic E-state index is 5.75. The van der Waals surface area contributed by atoms with Crippen LogP contribution in [0.3, 0.4) is 0 Å². The monoisotopic (exact) mass is 447 g/mol. The molecule has 0 aromatic carbocycles. The Hall–Kier alpha value is -1.65. The molecule has 8 nitrogen and oxygen atoms in total. The van der Waals surface area contributed by atoms with Crippen LogP contribution < -0.4 is 10.6 Å². The molecule has 0 saturated heterocycles. The highest BCUT2D eigenvalue weighted by Gasteiger charge is 2.19. The number of halogens is 1. The molecule has 0 atom stereocenters. The molecule has 134 valence electrons. The number of guanidine groups is 1. The zero-order valence-corrected chi connectivity index (χ0v) is 17.4. The molecule has 0 spiro atoms. The van der Waals surface area contributed by atoms with Crippen LogP contribution in [0.4, 0.5) is 0 Å². The second-order valence-electron chi connectivity index (χ2n) is 6.37. The summed E-state index contributed by atoms with van der Waals surface area (Å²) in [7, 11) is 3.65. The summed E-state index contributed by atoms with van der Waals surface area (Å²) in [5.74, 6) is 3.87. The number of nitrogens with one attached hydrogen (secondary N) is 2. The largest absolute Gasteiger partial charge is 0.443 e. The average Bonchev–Trinajstić information content (AvgIpc) is 3.08. The summed E-state index contributed by atoms with van der Waals surface area (Å²) in [6.45, 7) is 9.19. The van der Waals surface area contributed by atoms with Gasteiger partial charge in [-0.2, -0.15) is 0 Å². The van der Waals surface area contributed by atoms with Gasteiger partial charge in [-0.25, -0.2) is 4.98 Å². The van der Waals surface area contributed by atoms with Gasteiger partial charge in [0.2, 0.25) is 5.89 Å². The van der Waals surface area contributed by atoms with Crippen molar-refractivity contribution in [2.45, 2.75) is 46.2 Å². The number of aliphatic imine (C=N–C) groups is 1. The predicted molar refractivity (Wildman–Crippen MR) is 103 cm³/mol. The summed E-state index contributed by atoms with van der Waals surface area (Å²) in [5.41, 5.74) is -0.0474. The van der Waals surface area contributed by atoms with Gasteiger partial charge >= 0.3 is 0 Å². The molecule has 0 aliphatic heterocycles. The lowest BCUT2D eigenvalue weighted by Gasteiger charge is -2.13. The Labute approximate surface area is 159 Å². The van der Waals surface area contributed by atoms with Crippen molar-refractivity contribution in [1.29, 1.82) is 0 Å². The second-order valence-corrected chi connectivity index (χ2v) is 6.37. The quantitative estimate of drug-likeness (QED) is 0.423. The summed E-state index contributed by atoms with van der Waals surface area (Å²) in [6.07, 6.45) is 1.77. The molecule has 0 fully saturated rings. The number of hydrogen-bond acceptors (Lipinski definition) is 5. The molecule has 2 N–H and O–H groups in total. The van der Waals surface area contributed by atoms with Crippen LogP contribution in [0.2, 0.25) is 0 Å². The molecule has 2 aromatic rings. The first-order chi connectivity index (χ1) is 10.8. The molecule has 0 aliphatic carbocycles. The van der Waals surface area contributed by atoms with Crippen LogP contribution >= 0.6 is 24.0 Å². The molecule has 9 heteroatoms. The van der Waals surface area contributed by atoms with E-state index < -0.39 is 0 Å². The molecule has 0 radical (unpaired) electrons. The lowest BCUT2D eigenvalue weighted by atomic mass is 9.94. The van der Waals surface area contributed by atoms with E-state index in [1.807, 2.05) is 18.5 Å². The third-order valence-electron chi connectivity index (χ3n) is 3.52. The minimum absolute atomic E-state index is 0. The van der Waals surface area contributed by atoms with Gasteiger partial charge in [0.1, 0.15) is 11.6 Å². The van der Waals surface area contributed by atoms with Gasteiger partial charge in [-0.1, -0.05) is 20.8 Å². The minimum Gasteiger partial charge on any atom is -0.443 e. The smallest absolute Gasteiger partial charge is 0.213 e. The molecule has 0 aliphatic rings. The lowest BCUT2D eigenvalue weighted by Crippen LogP contribution is -2.37. The minimum atomic E-state index is -0.0474. The van der Waals surface area contributed by atoms with Crippen LogP contribution in [0.5, 0.6) is 0 Å². The number of rotatable bonds is 4. The van der Waals surface area contributed by atoms with E-state index in [2.05, 4.69) is 51.6 Å². The highest BCUT2D eigenvalue weighted by Crippen LogP contribution is 2.22. The van der Waals surface area contributed by atoms with Crippen molar-refractivity contribution < 1.29 is 4.42 Å². The van der Waals surface area contributed by atoms with Crippen molar-refractivity contribution in [2.24, 2.45) is 12.0 Å². The summed E-state index contributed by atoms with van der Waals surface area (Å²) in [6, 6.07) is 0. The highest BCUT2D eigenvalue weighted by atomic mass is 127. The Morgan fingerprint density at radius 2 is 1.92 bits per heavy atom. The number of aryl methyl sites for hydroxylation is 1. The van der Waals surface area contributed by atoms with Crippen LogP contribution in [0.25, 0.3) is 0 Å². The Bertz CT molecular complexity index is 684. The molecule has 2 rings (SSSR count). The second kappa shape index (κ2) is 8.45. The molecular weight excluding hydrogens is 421 g/mol. The van der Waals surface area contributed by atoms with E-state index in [-0.39, 0.29) is 29.4 Å². The van der Waals surface area contributed by atoms with E-state index in [0.717, 1.165) is 17.4 Å².